The van der Waals surface area contributed by atoms with Gasteiger partial charge in [-0.3, -0.25) is 14.6 Å². The summed E-state index contributed by atoms with van der Waals surface area (Å²) in [6.45, 7) is 5.28. The van der Waals surface area contributed by atoms with Crippen molar-refractivity contribution in [2.24, 2.45) is 5.41 Å². The van der Waals surface area contributed by atoms with Gasteiger partial charge < -0.3 is 9.80 Å². The van der Waals surface area contributed by atoms with Gasteiger partial charge in [-0.25, -0.2) is 0 Å². The quantitative estimate of drug-likeness (QED) is 0.766. The van der Waals surface area contributed by atoms with E-state index in [0.717, 1.165) is 18.4 Å². The standard InChI is InChI=1S/C22H27N3O2/c1-22(2,20(26)24(3)14-10-17-8-12-23-13-9-17)21(27)25-15-11-18-6-4-5-7-19(18)16-25/h4-9,12-13H,10-11,14-16H2,1-3H3. The van der Waals surface area contributed by atoms with Gasteiger partial charge in [0.05, 0.1) is 0 Å². The number of fused-ring (bicyclic) bond motifs is 1. The van der Waals surface area contributed by atoms with Gasteiger partial charge in [0.1, 0.15) is 5.41 Å². The van der Waals surface area contributed by atoms with E-state index in [0.29, 0.717) is 19.6 Å². The molecule has 2 heterocycles. The number of hydrogen-bond acceptors (Lipinski definition) is 3. The van der Waals surface area contributed by atoms with Gasteiger partial charge in [-0.15, -0.1) is 0 Å². The highest BCUT2D eigenvalue weighted by Crippen LogP contribution is 2.26. The Bertz CT molecular complexity index is 817. The van der Waals surface area contributed by atoms with E-state index < -0.39 is 5.41 Å². The number of hydrogen-bond donors (Lipinski definition) is 0. The third kappa shape index (κ3) is 4.18. The molecule has 0 saturated carbocycles. The summed E-state index contributed by atoms with van der Waals surface area (Å²) < 4.78 is 0. The largest absolute Gasteiger partial charge is 0.345 e. The molecule has 0 bridgehead atoms. The van der Waals surface area contributed by atoms with E-state index in [9.17, 15) is 9.59 Å². The van der Waals surface area contributed by atoms with Crippen LogP contribution >= 0.6 is 0 Å². The lowest BCUT2D eigenvalue weighted by atomic mass is 9.88. The molecular formula is C22H27N3O2. The summed E-state index contributed by atoms with van der Waals surface area (Å²) >= 11 is 0. The average molecular weight is 365 g/mol. The monoisotopic (exact) mass is 365 g/mol. The van der Waals surface area contributed by atoms with Crippen LogP contribution in [0.2, 0.25) is 0 Å². The molecule has 5 heteroatoms. The smallest absolute Gasteiger partial charge is 0.238 e. The van der Waals surface area contributed by atoms with E-state index in [4.69, 9.17) is 0 Å². The minimum Gasteiger partial charge on any atom is -0.345 e. The number of benzene rings is 1. The molecular weight excluding hydrogens is 338 g/mol. The second-order valence-electron chi connectivity index (χ2n) is 7.70. The lowest BCUT2D eigenvalue weighted by Gasteiger charge is -2.36. The van der Waals surface area contributed by atoms with Gasteiger partial charge in [0.15, 0.2) is 0 Å². The van der Waals surface area contributed by atoms with E-state index in [1.54, 1.807) is 38.2 Å². The first-order valence-corrected chi connectivity index (χ1v) is 9.40. The van der Waals surface area contributed by atoms with E-state index in [-0.39, 0.29) is 11.8 Å². The zero-order valence-electron chi connectivity index (χ0n) is 16.3. The molecule has 2 aromatic rings. The molecule has 1 aromatic carbocycles. The minimum absolute atomic E-state index is 0.0993. The molecule has 1 aliphatic heterocycles. The highest BCUT2D eigenvalue weighted by molar-refractivity contribution is 6.04. The van der Waals surface area contributed by atoms with Crippen molar-refractivity contribution < 1.29 is 9.59 Å². The molecule has 0 spiro atoms. The molecule has 1 aromatic heterocycles. The van der Waals surface area contributed by atoms with Crippen LogP contribution in [0.15, 0.2) is 48.8 Å². The third-order valence-corrected chi connectivity index (χ3v) is 5.32. The van der Waals surface area contributed by atoms with Gasteiger partial charge in [-0.1, -0.05) is 24.3 Å². The normalized spacial score (nSPS) is 13.8. The molecule has 0 atom stereocenters. The maximum absolute atomic E-state index is 13.1. The van der Waals surface area contributed by atoms with Crippen LogP contribution in [0.1, 0.15) is 30.5 Å². The third-order valence-electron chi connectivity index (χ3n) is 5.32. The molecule has 0 fully saturated rings. The van der Waals surface area contributed by atoms with Gasteiger partial charge in [0, 0.05) is 39.1 Å². The van der Waals surface area contributed by atoms with Crippen molar-refractivity contribution in [1.82, 2.24) is 14.8 Å². The molecule has 0 radical (unpaired) electrons. The Morgan fingerprint density at radius 1 is 1.11 bits per heavy atom. The maximum Gasteiger partial charge on any atom is 0.238 e. The summed E-state index contributed by atoms with van der Waals surface area (Å²) in [6.07, 6.45) is 5.08. The maximum atomic E-state index is 13.1. The van der Waals surface area contributed by atoms with Crippen LogP contribution in [-0.2, 0) is 29.0 Å². The molecule has 142 valence electrons. The fourth-order valence-corrected chi connectivity index (χ4v) is 3.58. The first kappa shape index (κ1) is 19.1. The Labute approximate surface area is 161 Å². The summed E-state index contributed by atoms with van der Waals surface area (Å²) in [5, 5.41) is 0. The number of amides is 2. The van der Waals surface area contributed by atoms with Gasteiger partial charge in [0.2, 0.25) is 11.8 Å². The van der Waals surface area contributed by atoms with Gasteiger partial charge in [-0.2, -0.15) is 0 Å². The second-order valence-corrected chi connectivity index (χ2v) is 7.70. The minimum atomic E-state index is -1.07. The van der Waals surface area contributed by atoms with Gasteiger partial charge >= 0.3 is 0 Å². The van der Waals surface area contributed by atoms with Crippen molar-refractivity contribution in [3.8, 4) is 0 Å². The van der Waals surface area contributed by atoms with E-state index in [2.05, 4.69) is 17.1 Å². The summed E-state index contributed by atoms with van der Waals surface area (Å²) in [5.74, 6) is -0.238. The molecule has 2 amide bonds. The fraction of sp³-hybridized carbons (Fsp3) is 0.409. The highest BCUT2D eigenvalue weighted by atomic mass is 16.2. The number of aromatic nitrogens is 1. The summed E-state index contributed by atoms with van der Waals surface area (Å²) in [4.78, 5) is 33.6. The van der Waals surface area contributed by atoms with Crippen LogP contribution in [0.4, 0.5) is 0 Å². The lowest BCUT2D eigenvalue weighted by molar-refractivity contribution is -0.154. The predicted molar refractivity (Wildman–Crippen MR) is 105 cm³/mol. The van der Waals surface area contributed by atoms with Gasteiger partial charge in [-0.05, 0) is 55.5 Å². The molecule has 0 aliphatic carbocycles. The number of nitrogens with zero attached hydrogens (tertiary/aromatic N) is 3. The van der Waals surface area contributed by atoms with Crippen LogP contribution in [0, 0.1) is 5.41 Å². The lowest BCUT2D eigenvalue weighted by Crippen LogP contribution is -2.51. The average Bonchev–Trinajstić information content (AvgIpc) is 2.71. The Balaban J connectivity index is 1.64. The van der Waals surface area contributed by atoms with E-state index in [1.807, 2.05) is 29.2 Å². The first-order valence-electron chi connectivity index (χ1n) is 9.40. The van der Waals surface area contributed by atoms with Crippen molar-refractivity contribution in [3.63, 3.8) is 0 Å². The zero-order chi connectivity index (χ0) is 19.4. The van der Waals surface area contributed by atoms with E-state index >= 15 is 0 Å². The number of carbonyl (C=O) groups excluding carboxylic acids is 2. The number of carbonyl (C=O) groups is 2. The molecule has 27 heavy (non-hydrogen) atoms. The zero-order valence-corrected chi connectivity index (χ0v) is 16.3. The number of likely N-dealkylation sites (N-methyl/N-ethyl adjacent to an activating group) is 1. The van der Waals surface area contributed by atoms with Crippen LogP contribution in [0.25, 0.3) is 0 Å². The van der Waals surface area contributed by atoms with Crippen LogP contribution < -0.4 is 0 Å². The second kappa shape index (κ2) is 7.91. The van der Waals surface area contributed by atoms with Crippen molar-refractivity contribution in [2.75, 3.05) is 20.1 Å². The van der Waals surface area contributed by atoms with Crippen molar-refractivity contribution in [1.29, 1.82) is 0 Å². The highest BCUT2D eigenvalue weighted by Gasteiger charge is 2.41. The van der Waals surface area contributed by atoms with Crippen molar-refractivity contribution >= 4 is 11.8 Å². The Morgan fingerprint density at radius 2 is 1.78 bits per heavy atom. The summed E-state index contributed by atoms with van der Waals surface area (Å²) in [7, 11) is 1.77. The first-order chi connectivity index (χ1) is 12.9. The van der Waals surface area contributed by atoms with Gasteiger partial charge in [0.25, 0.3) is 0 Å². The molecule has 0 saturated heterocycles. The van der Waals surface area contributed by atoms with Crippen molar-refractivity contribution in [3.05, 3.63) is 65.5 Å². The Kier molecular flexibility index (Phi) is 5.59. The Morgan fingerprint density at radius 3 is 2.48 bits per heavy atom. The van der Waals surface area contributed by atoms with Crippen LogP contribution in [-0.4, -0.2) is 46.7 Å². The summed E-state index contributed by atoms with van der Waals surface area (Å²) in [5.41, 5.74) is 2.52. The molecule has 0 unspecified atom stereocenters. The molecule has 0 N–H and O–H groups in total. The predicted octanol–water partition coefficient (Wildman–Crippen LogP) is 2.69. The SMILES string of the molecule is CN(CCc1ccncc1)C(=O)C(C)(C)C(=O)N1CCc2ccccc2C1. The topological polar surface area (TPSA) is 53.5 Å². The number of pyridine rings is 1. The molecule has 1 aliphatic rings. The molecule has 5 nitrogen and oxygen atoms in total. The van der Waals surface area contributed by atoms with E-state index in [1.165, 1.54) is 11.1 Å². The fourth-order valence-electron chi connectivity index (χ4n) is 3.58. The molecule has 3 rings (SSSR count). The number of rotatable bonds is 5. The van der Waals surface area contributed by atoms with Crippen LogP contribution in [0.3, 0.4) is 0 Å². The summed E-state index contributed by atoms with van der Waals surface area (Å²) in [6, 6.07) is 12.1. The van der Waals surface area contributed by atoms with Crippen LogP contribution in [0.5, 0.6) is 0 Å². The Hall–Kier alpha value is -2.69. The van der Waals surface area contributed by atoms with Crippen molar-refractivity contribution in [2.45, 2.75) is 33.2 Å².